The van der Waals surface area contributed by atoms with E-state index in [4.69, 9.17) is 5.11 Å². The molecule has 0 fully saturated rings. The molecule has 0 spiro atoms. The SMILES string of the molecule is O=C(Cc1ccc(Br)cc1)N/N=C/c1ccc(C(=O)O)cc1. The van der Waals surface area contributed by atoms with E-state index in [1.165, 1.54) is 18.3 Å². The van der Waals surface area contributed by atoms with Crippen LogP contribution in [0.4, 0.5) is 0 Å². The first-order valence-electron chi connectivity index (χ1n) is 6.44. The number of aromatic carboxylic acids is 1. The van der Waals surface area contributed by atoms with Gasteiger partial charge in [0.1, 0.15) is 0 Å². The summed E-state index contributed by atoms with van der Waals surface area (Å²) in [5.41, 5.74) is 4.23. The lowest BCUT2D eigenvalue weighted by Crippen LogP contribution is -2.19. The van der Waals surface area contributed by atoms with Gasteiger partial charge < -0.3 is 5.11 Å². The normalized spacial score (nSPS) is 10.6. The number of halogens is 1. The number of hydrazone groups is 1. The second-order valence-corrected chi connectivity index (χ2v) is 5.44. The molecule has 2 aromatic carbocycles. The van der Waals surface area contributed by atoms with Crippen molar-refractivity contribution in [2.75, 3.05) is 0 Å². The predicted molar refractivity (Wildman–Crippen MR) is 87.0 cm³/mol. The number of amides is 1. The monoisotopic (exact) mass is 360 g/mol. The van der Waals surface area contributed by atoms with E-state index in [0.717, 1.165) is 10.0 Å². The number of hydrogen-bond donors (Lipinski definition) is 2. The molecule has 0 saturated heterocycles. The van der Waals surface area contributed by atoms with Gasteiger partial charge in [-0.2, -0.15) is 5.10 Å². The van der Waals surface area contributed by atoms with E-state index >= 15 is 0 Å². The van der Waals surface area contributed by atoms with Crippen LogP contribution in [-0.4, -0.2) is 23.2 Å². The molecule has 0 heterocycles. The first kappa shape index (κ1) is 15.9. The average Bonchev–Trinajstić information content (AvgIpc) is 2.50. The molecule has 1 amide bonds. The number of carbonyl (C=O) groups is 2. The summed E-state index contributed by atoms with van der Waals surface area (Å²) in [6, 6.07) is 13.7. The Morgan fingerprint density at radius 3 is 2.32 bits per heavy atom. The Morgan fingerprint density at radius 1 is 1.09 bits per heavy atom. The van der Waals surface area contributed by atoms with Crippen molar-refractivity contribution >= 4 is 34.0 Å². The van der Waals surface area contributed by atoms with Crippen LogP contribution >= 0.6 is 15.9 Å². The summed E-state index contributed by atoms with van der Waals surface area (Å²) in [5, 5.41) is 12.6. The van der Waals surface area contributed by atoms with E-state index in [1.807, 2.05) is 24.3 Å². The topological polar surface area (TPSA) is 78.8 Å². The molecule has 0 aromatic heterocycles. The molecule has 0 aliphatic carbocycles. The van der Waals surface area contributed by atoms with Crippen molar-refractivity contribution in [1.82, 2.24) is 5.43 Å². The largest absolute Gasteiger partial charge is 0.478 e. The van der Waals surface area contributed by atoms with Crippen LogP contribution in [0, 0.1) is 0 Å². The van der Waals surface area contributed by atoms with E-state index in [-0.39, 0.29) is 17.9 Å². The Morgan fingerprint density at radius 2 is 1.73 bits per heavy atom. The van der Waals surface area contributed by atoms with Gasteiger partial charge in [0, 0.05) is 4.47 Å². The maximum atomic E-state index is 11.7. The van der Waals surface area contributed by atoms with Crippen molar-refractivity contribution < 1.29 is 14.7 Å². The molecule has 2 aromatic rings. The standard InChI is InChI=1S/C16H13BrN2O3/c17-14-7-3-11(4-8-14)9-15(20)19-18-10-12-1-5-13(6-2-12)16(21)22/h1-8,10H,9H2,(H,19,20)(H,21,22)/b18-10+. The Kier molecular flexibility index (Phi) is 5.43. The number of carbonyl (C=O) groups excluding carboxylic acids is 1. The number of carboxylic acids is 1. The number of nitrogens with zero attached hydrogens (tertiary/aromatic N) is 1. The fraction of sp³-hybridized carbons (Fsp3) is 0.0625. The number of hydrogen-bond acceptors (Lipinski definition) is 3. The third-order valence-corrected chi connectivity index (χ3v) is 3.37. The Balaban J connectivity index is 1.87. The van der Waals surface area contributed by atoms with Crippen LogP contribution in [0.1, 0.15) is 21.5 Å². The lowest BCUT2D eigenvalue weighted by atomic mass is 10.1. The summed E-state index contributed by atoms with van der Waals surface area (Å²) in [6.45, 7) is 0. The van der Waals surface area contributed by atoms with Crippen molar-refractivity contribution in [3.63, 3.8) is 0 Å². The van der Waals surface area contributed by atoms with Crippen LogP contribution in [0.25, 0.3) is 0 Å². The van der Waals surface area contributed by atoms with Gasteiger partial charge in [-0.3, -0.25) is 4.79 Å². The number of carboxylic acid groups (broad SMARTS) is 1. The highest BCUT2D eigenvalue weighted by Crippen LogP contribution is 2.10. The number of rotatable bonds is 5. The summed E-state index contributed by atoms with van der Waals surface area (Å²) >= 11 is 3.33. The highest BCUT2D eigenvalue weighted by molar-refractivity contribution is 9.10. The smallest absolute Gasteiger partial charge is 0.335 e. The maximum Gasteiger partial charge on any atom is 0.335 e. The van der Waals surface area contributed by atoms with E-state index in [9.17, 15) is 9.59 Å². The molecular weight excluding hydrogens is 348 g/mol. The zero-order chi connectivity index (χ0) is 15.9. The van der Waals surface area contributed by atoms with Crippen LogP contribution in [0.15, 0.2) is 58.1 Å². The van der Waals surface area contributed by atoms with Crippen molar-refractivity contribution in [3.05, 3.63) is 69.7 Å². The molecule has 5 nitrogen and oxygen atoms in total. The molecule has 22 heavy (non-hydrogen) atoms. The van der Waals surface area contributed by atoms with Gasteiger partial charge in [-0.25, -0.2) is 10.2 Å². The average molecular weight is 361 g/mol. The molecule has 0 atom stereocenters. The highest BCUT2D eigenvalue weighted by atomic mass is 79.9. The van der Waals surface area contributed by atoms with Gasteiger partial charge in [-0.05, 0) is 35.4 Å². The summed E-state index contributed by atoms with van der Waals surface area (Å²) in [6.07, 6.45) is 1.70. The van der Waals surface area contributed by atoms with Gasteiger partial charge >= 0.3 is 5.97 Å². The number of benzene rings is 2. The summed E-state index contributed by atoms with van der Waals surface area (Å²) in [4.78, 5) is 22.4. The maximum absolute atomic E-state index is 11.7. The van der Waals surface area contributed by atoms with Gasteiger partial charge in [0.05, 0.1) is 18.2 Å². The van der Waals surface area contributed by atoms with Gasteiger partial charge in [0.15, 0.2) is 0 Å². The molecule has 112 valence electrons. The fourth-order valence-corrected chi connectivity index (χ4v) is 1.98. The fourth-order valence-electron chi connectivity index (χ4n) is 1.72. The van der Waals surface area contributed by atoms with Crippen LogP contribution in [0.3, 0.4) is 0 Å². The van der Waals surface area contributed by atoms with Crippen LogP contribution in [-0.2, 0) is 11.2 Å². The third-order valence-electron chi connectivity index (χ3n) is 2.84. The van der Waals surface area contributed by atoms with Crippen LogP contribution < -0.4 is 5.43 Å². The molecule has 6 heteroatoms. The van der Waals surface area contributed by atoms with Crippen molar-refractivity contribution in [2.24, 2.45) is 5.10 Å². The Labute approximate surface area is 135 Å². The third kappa shape index (κ3) is 4.82. The second kappa shape index (κ2) is 7.51. The van der Waals surface area contributed by atoms with E-state index < -0.39 is 5.97 Å². The summed E-state index contributed by atoms with van der Waals surface area (Å²) in [5.74, 6) is -1.20. The molecule has 0 aliphatic heterocycles. The Hall–Kier alpha value is -2.47. The molecule has 0 aliphatic rings. The first-order chi connectivity index (χ1) is 10.5. The van der Waals surface area contributed by atoms with Gasteiger partial charge in [0.25, 0.3) is 0 Å². The van der Waals surface area contributed by atoms with E-state index in [0.29, 0.717) is 5.56 Å². The van der Waals surface area contributed by atoms with Crippen molar-refractivity contribution in [2.45, 2.75) is 6.42 Å². The first-order valence-corrected chi connectivity index (χ1v) is 7.23. The summed E-state index contributed by atoms with van der Waals surface area (Å²) in [7, 11) is 0. The van der Waals surface area contributed by atoms with Crippen LogP contribution in [0.2, 0.25) is 0 Å². The van der Waals surface area contributed by atoms with E-state index in [2.05, 4.69) is 26.5 Å². The molecule has 2 rings (SSSR count). The zero-order valence-corrected chi connectivity index (χ0v) is 13.1. The zero-order valence-electron chi connectivity index (χ0n) is 11.5. The molecule has 0 radical (unpaired) electrons. The number of nitrogens with one attached hydrogen (secondary N) is 1. The molecule has 2 N–H and O–H groups in total. The molecule has 0 saturated carbocycles. The molecule has 0 unspecified atom stereocenters. The summed E-state index contributed by atoms with van der Waals surface area (Å²) < 4.78 is 0.958. The van der Waals surface area contributed by atoms with Crippen molar-refractivity contribution in [3.8, 4) is 0 Å². The molecule has 0 bridgehead atoms. The minimum absolute atomic E-state index is 0.205. The lowest BCUT2D eigenvalue weighted by molar-refractivity contribution is -0.120. The molecular formula is C16H13BrN2O3. The van der Waals surface area contributed by atoms with Gasteiger partial charge in [-0.15, -0.1) is 0 Å². The minimum atomic E-state index is -0.980. The minimum Gasteiger partial charge on any atom is -0.478 e. The lowest BCUT2D eigenvalue weighted by Gasteiger charge is -2.01. The Bertz CT molecular complexity index is 694. The van der Waals surface area contributed by atoms with E-state index in [1.54, 1.807) is 12.1 Å². The predicted octanol–water partition coefficient (Wildman–Crippen LogP) is 2.84. The van der Waals surface area contributed by atoms with Crippen molar-refractivity contribution in [1.29, 1.82) is 0 Å². The second-order valence-electron chi connectivity index (χ2n) is 4.52. The quantitative estimate of drug-likeness (QED) is 0.635. The van der Waals surface area contributed by atoms with Gasteiger partial charge in [-0.1, -0.05) is 40.2 Å². The van der Waals surface area contributed by atoms with Crippen LogP contribution in [0.5, 0.6) is 0 Å². The highest BCUT2D eigenvalue weighted by Gasteiger charge is 2.02. The van der Waals surface area contributed by atoms with Gasteiger partial charge in [0.2, 0.25) is 5.91 Å².